The summed E-state index contributed by atoms with van der Waals surface area (Å²) >= 11 is 5.90. The number of piperidine rings is 1. The number of aryl methyl sites for hydroxylation is 1. The van der Waals surface area contributed by atoms with Gasteiger partial charge in [0, 0.05) is 25.8 Å². The average molecular weight is 270 g/mol. The minimum absolute atomic E-state index is 0.0515. The molecule has 1 saturated heterocycles. The number of hydrogen-bond donors (Lipinski definition) is 2. The molecule has 1 aliphatic rings. The molecule has 100 valence electrons. The van der Waals surface area contributed by atoms with Crippen molar-refractivity contribution in [1.82, 2.24) is 15.2 Å². The maximum atomic E-state index is 12.2. The summed E-state index contributed by atoms with van der Waals surface area (Å²) in [5, 5.41) is 7.07. The summed E-state index contributed by atoms with van der Waals surface area (Å²) in [6.45, 7) is 6.21. The third-order valence-corrected chi connectivity index (χ3v) is 3.85. The van der Waals surface area contributed by atoms with E-state index in [1.165, 1.54) is 0 Å². The molecule has 1 unspecified atom stereocenters. The largest absolute Gasteiger partial charge is 0.347 e. The highest BCUT2D eigenvalue weighted by Gasteiger charge is 2.33. The molecule has 0 aromatic carbocycles. The molecule has 1 aromatic rings. The highest BCUT2D eigenvalue weighted by molar-refractivity contribution is 6.31. The Kier molecular flexibility index (Phi) is 3.69. The summed E-state index contributed by atoms with van der Waals surface area (Å²) in [5.41, 5.74) is 0.678. The van der Waals surface area contributed by atoms with Crippen molar-refractivity contribution in [3.8, 4) is 0 Å². The Morgan fingerprint density at radius 1 is 1.61 bits per heavy atom. The molecule has 0 spiro atoms. The molecular formula is C13H20ClN3O. The van der Waals surface area contributed by atoms with Crippen molar-refractivity contribution in [1.29, 1.82) is 0 Å². The number of hydrogen-bond acceptors (Lipinski definition) is 2. The fraction of sp³-hybridized carbons (Fsp3) is 0.615. The van der Waals surface area contributed by atoms with E-state index in [1.54, 1.807) is 16.8 Å². The predicted octanol–water partition coefficient (Wildman–Crippen LogP) is 1.80. The second-order valence-electron chi connectivity index (χ2n) is 5.63. The van der Waals surface area contributed by atoms with E-state index in [-0.39, 0.29) is 17.4 Å². The van der Waals surface area contributed by atoms with Gasteiger partial charge in [0.1, 0.15) is 5.69 Å². The SMILES string of the molecule is Cn1cc(Cl)cc1C(=O)NC1CCNCC1(C)C. The minimum atomic E-state index is -0.0515. The zero-order chi connectivity index (χ0) is 13.3. The lowest BCUT2D eigenvalue weighted by atomic mass is 9.80. The van der Waals surface area contributed by atoms with Crippen molar-refractivity contribution in [2.75, 3.05) is 13.1 Å². The number of amides is 1. The van der Waals surface area contributed by atoms with Crippen LogP contribution in [0.5, 0.6) is 0 Å². The van der Waals surface area contributed by atoms with Crippen LogP contribution in [0.25, 0.3) is 0 Å². The van der Waals surface area contributed by atoms with Gasteiger partial charge in [0.25, 0.3) is 5.91 Å². The van der Waals surface area contributed by atoms with Gasteiger partial charge in [0.2, 0.25) is 0 Å². The summed E-state index contributed by atoms with van der Waals surface area (Å²) in [6.07, 6.45) is 2.70. The highest BCUT2D eigenvalue weighted by Crippen LogP contribution is 2.25. The summed E-state index contributed by atoms with van der Waals surface area (Å²) in [5.74, 6) is -0.0515. The molecule has 2 rings (SSSR count). The van der Waals surface area contributed by atoms with E-state index in [4.69, 9.17) is 11.6 Å². The topological polar surface area (TPSA) is 46.1 Å². The summed E-state index contributed by atoms with van der Waals surface area (Å²) in [6, 6.07) is 1.89. The maximum Gasteiger partial charge on any atom is 0.268 e. The summed E-state index contributed by atoms with van der Waals surface area (Å²) in [7, 11) is 1.83. The van der Waals surface area contributed by atoms with Crippen molar-refractivity contribution < 1.29 is 4.79 Å². The Morgan fingerprint density at radius 2 is 2.33 bits per heavy atom. The van der Waals surface area contributed by atoms with E-state index in [2.05, 4.69) is 24.5 Å². The third-order valence-electron chi connectivity index (χ3n) is 3.64. The Labute approximate surface area is 113 Å². The molecule has 5 heteroatoms. The number of carbonyl (C=O) groups is 1. The van der Waals surface area contributed by atoms with E-state index in [1.807, 2.05) is 7.05 Å². The lowest BCUT2D eigenvalue weighted by molar-refractivity contribution is 0.0860. The Morgan fingerprint density at radius 3 is 2.89 bits per heavy atom. The third kappa shape index (κ3) is 2.70. The summed E-state index contributed by atoms with van der Waals surface area (Å²) in [4.78, 5) is 12.2. The zero-order valence-electron chi connectivity index (χ0n) is 11.1. The molecule has 0 radical (unpaired) electrons. The molecule has 2 N–H and O–H groups in total. The van der Waals surface area contributed by atoms with Crippen LogP contribution >= 0.6 is 11.6 Å². The second kappa shape index (κ2) is 4.94. The monoisotopic (exact) mass is 269 g/mol. The Bertz CT molecular complexity index is 453. The zero-order valence-corrected chi connectivity index (χ0v) is 11.8. The molecular weight excluding hydrogens is 250 g/mol. The molecule has 0 saturated carbocycles. The van der Waals surface area contributed by atoms with Gasteiger partial charge < -0.3 is 15.2 Å². The molecule has 4 nitrogen and oxygen atoms in total. The van der Waals surface area contributed by atoms with Gasteiger partial charge >= 0.3 is 0 Å². The minimum Gasteiger partial charge on any atom is -0.347 e. The van der Waals surface area contributed by atoms with Crippen LogP contribution in [0, 0.1) is 5.41 Å². The van der Waals surface area contributed by atoms with Gasteiger partial charge in [-0.05, 0) is 24.4 Å². The second-order valence-corrected chi connectivity index (χ2v) is 6.07. The normalized spacial score (nSPS) is 22.8. The van der Waals surface area contributed by atoms with Crippen LogP contribution in [0.3, 0.4) is 0 Å². The first-order valence-electron chi connectivity index (χ1n) is 6.23. The van der Waals surface area contributed by atoms with Crippen molar-refractivity contribution in [3.05, 3.63) is 23.0 Å². The average Bonchev–Trinajstić information content (AvgIpc) is 2.61. The first-order chi connectivity index (χ1) is 8.40. The van der Waals surface area contributed by atoms with E-state index < -0.39 is 0 Å². The van der Waals surface area contributed by atoms with Gasteiger partial charge in [-0.1, -0.05) is 25.4 Å². The Hall–Kier alpha value is -1.00. The lowest BCUT2D eigenvalue weighted by Gasteiger charge is -2.39. The van der Waals surface area contributed by atoms with Gasteiger partial charge in [-0.15, -0.1) is 0 Å². The van der Waals surface area contributed by atoms with Gasteiger partial charge in [-0.3, -0.25) is 4.79 Å². The Balaban J connectivity index is 2.09. The quantitative estimate of drug-likeness (QED) is 0.860. The van der Waals surface area contributed by atoms with Crippen molar-refractivity contribution in [3.63, 3.8) is 0 Å². The molecule has 1 fully saturated rings. The molecule has 1 atom stereocenters. The fourth-order valence-corrected chi connectivity index (χ4v) is 2.67. The highest BCUT2D eigenvalue weighted by atomic mass is 35.5. The number of nitrogens with one attached hydrogen (secondary N) is 2. The van der Waals surface area contributed by atoms with E-state index >= 15 is 0 Å². The molecule has 1 aromatic heterocycles. The molecule has 1 amide bonds. The van der Waals surface area contributed by atoms with Crippen molar-refractivity contribution in [2.24, 2.45) is 12.5 Å². The van der Waals surface area contributed by atoms with Crippen LogP contribution in [0.4, 0.5) is 0 Å². The molecule has 2 heterocycles. The maximum absolute atomic E-state index is 12.2. The number of carbonyl (C=O) groups excluding carboxylic acids is 1. The van der Waals surface area contributed by atoms with Gasteiger partial charge in [-0.2, -0.15) is 0 Å². The van der Waals surface area contributed by atoms with Gasteiger partial charge in [0.05, 0.1) is 5.02 Å². The number of rotatable bonds is 2. The molecule has 1 aliphatic heterocycles. The van der Waals surface area contributed by atoms with Crippen LogP contribution in [0.2, 0.25) is 5.02 Å². The van der Waals surface area contributed by atoms with Crippen LogP contribution in [-0.4, -0.2) is 29.6 Å². The smallest absolute Gasteiger partial charge is 0.268 e. The molecule has 18 heavy (non-hydrogen) atoms. The van der Waals surface area contributed by atoms with E-state index in [9.17, 15) is 4.79 Å². The van der Waals surface area contributed by atoms with Crippen LogP contribution in [0.15, 0.2) is 12.3 Å². The van der Waals surface area contributed by atoms with Gasteiger partial charge in [0.15, 0.2) is 0 Å². The first-order valence-corrected chi connectivity index (χ1v) is 6.61. The first kappa shape index (κ1) is 13.4. The predicted molar refractivity (Wildman–Crippen MR) is 72.9 cm³/mol. The fourth-order valence-electron chi connectivity index (χ4n) is 2.42. The number of halogens is 1. The lowest BCUT2D eigenvalue weighted by Crippen LogP contribution is -2.54. The van der Waals surface area contributed by atoms with E-state index in [0.29, 0.717) is 10.7 Å². The van der Waals surface area contributed by atoms with Crippen LogP contribution in [-0.2, 0) is 7.05 Å². The van der Waals surface area contributed by atoms with Gasteiger partial charge in [-0.25, -0.2) is 0 Å². The van der Waals surface area contributed by atoms with E-state index in [0.717, 1.165) is 19.5 Å². The van der Waals surface area contributed by atoms with Crippen molar-refractivity contribution >= 4 is 17.5 Å². The number of aromatic nitrogens is 1. The van der Waals surface area contributed by atoms with Crippen LogP contribution < -0.4 is 10.6 Å². The standard InChI is InChI=1S/C13H20ClN3O/c1-13(2)8-15-5-4-11(13)16-12(18)10-6-9(14)7-17(10)3/h6-7,11,15H,4-5,8H2,1-3H3,(H,16,18). The van der Waals surface area contributed by atoms with Crippen LogP contribution in [0.1, 0.15) is 30.8 Å². The van der Waals surface area contributed by atoms with Crippen molar-refractivity contribution in [2.45, 2.75) is 26.3 Å². The molecule has 0 aliphatic carbocycles. The number of nitrogens with zero attached hydrogens (tertiary/aromatic N) is 1. The molecule has 0 bridgehead atoms. The summed E-state index contributed by atoms with van der Waals surface area (Å²) < 4.78 is 1.76.